The summed E-state index contributed by atoms with van der Waals surface area (Å²) in [4.78, 5) is 0. The Labute approximate surface area is 116 Å². The highest BCUT2D eigenvalue weighted by Crippen LogP contribution is 2.28. The maximum absolute atomic E-state index is 5.93. The number of hydrogen-bond donors (Lipinski definition) is 1. The van der Waals surface area contributed by atoms with Gasteiger partial charge in [-0.3, -0.25) is 0 Å². The van der Waals surface area contributed by atoms with Crippen LogP contribution in [0.5, 0.6) is 0 Å². The minimum atomic E-state index is -0.692. The predicted octanol–water partition coefficient (Wildman–Crippen LogP) is 3.70. The lowest BCUT2D eigenvalue weighted by Crippen LogP contribution is -2.32. The van der Waals surface area contributed by atoms with Crippen molar-refractivity contribution in [2.45, 2.75) is 64.9 Å². The zero-order valence-corrected chi connectivity index (χ0v) is 13.7. The number of ether oxygens (including phenoxy) is 1. The van der Waals surface area contributed by atoms with Crippen LogP contribution in [-0.2, 0) is 34.7 Å². The molecule has 0 saturated carbocycles. The zero-order chi connectivity index (χ0) is 12.6. The molecule has 0 aromatic heterocycles. The van der Waals surface area contributed by atoms with Crippen molar-refractivity contribution in [3.05, 3.63) is 0 Å². The lowest BCUT2D eigenvalue weighted by molar-refractivity contribution is 0.0439. The molecule has 1 nitrogen and oxygen atoms in total. The van der Waals surface area contributed by atoms with Crippen molar-refractivity contribution in [2.75, 3.05) is 0 Å². The van der Waals surface area contributed by atoms with Crippen LogP contribution in [0.3, 0.4) is 0 Å². The molecule has 0 aliphatic rings. The monoisotopic (exact) mass is 298 g/mol. The molecule has 0 aromatic carbocycles. The van der Waals surface area contributed by atoms with Gasteiger partial charge in [-0.15, -0.1) is 12.6 Å². The van der Waals surface area contributed by atoms with Gasteiger partial charge in [0.1, 0.15) is 0 Å². The molecule has 16 heavy (non-hydrogen) atoms. The van der Waals surface area contributed by atoms with E-state index in [9.17, 15) is 0 Å². The summed E-state index contributed by atoms with van der Waals surface area (Å²) in [5, 5.41) is 0. The van der Waals surface area contributed by atoms with E-state index in [1.54, 1.807) is 0 Å². The molecular formula is C11H22OS4. The summed E-state index contributed by atoms with van der Waals surface area (Å²) in [7, 11) is -0.692. The molecule has 0 rings (SSSR count). The minimum Gasteiger partial charge on any atom is -0.324 e. The maximum Gasteiger partial charge on any atom is 0.173 e. The average molecular weight is 299 g/mol. The van der Waals surface area contributed by atoms with E-state index in [0.717, 1.165) is 19.3 Å². The van der Waals surface area contributed by atoms with Crippen molar-refractivity contribution in [3.8, 4) is 0 Å². The molecule has 0 amide bonds. The molecule has 5 heteroatoms. The summed E-state index contributed by atoms with van der Waals surface area (Å²) in [5.41, 5.74) is -0.102. The second-order valence-electron chi connectivity index (χ2n) is 3.95. The van der Waals surface area contributed by atoms with Crippen LogP contribution in [0.1, 0.15) is 59.3 Å². The van der Waals surface area contributed by atoms with Gasteiger partial charge in [0.05, 0.1) is 5.60 Å². The Morgan fingerprint density at radius 1 is 1.19 bits per heavy atom. The van der Waals surface area contributed by atoms with Crippen molar-refractivity contribution >= 4 is 47.0 Å². The topological polar surface area (TPSA) is 9.23 Å². The molecular weight excluding hydrogens is 276 g/mol. The largest absolute Gasteiger partial charge is 0.324 e. The van der Waals surface area contributed by atoms with Crippen LogP contribution in [0.4, 0.5) is 0 Å². The second-order valence-corrected chi connectivity index (χ2v) is 8.13. The third-order valence-corrected chi connectivity index (χ3v) is 5.63. The molecule has 0 fully saturated rings. The van der Waals surface area contributed by atoms with E-state index < -0.39 is 7.60 Å². The van der Waals surface area contributed by atoms with E-state index in [1.165, 1.54) is 19.3 Å². The maximum atomic E-state index is 5.93. The molecule has 0 aliphatic carbocycles. The van der Waals surface area contributed by atoms with Crippen molar-refractivity contribution in [1.82, 2.24) is 0 Å². The summed E-state index contributed by atoms with van der Waals surface area (Å²) in [6, 6.07) is 0. The van der Waals surface area contributed by atoms with Crippen molar-refractivity contribution in [1.29, 1.82) is 0 Å². The standard InChI is InChI=1S/C11H22OS4/c1-4-7-8-9-11(5-2,6-3)12-10(13)16(14)15/h13H,4-9H2,1-3H3. The Morgan fingerprint density at radius 3 is 2.12 bits per heavy atom. The third-order valence-electron chi connectivity index (χ3n) is 2.97. The van der Waals surface area contributed by atoms with Crippen LogP contribution in [0.2, 0.25) is 0 Å². The van der Waals surface area contributed by atoms with E-state index in [1.807, 2.05) is 0 Å². The Bertz CT molecular complexity index is 307. The number of thiol groups is 1. The van der Waals surface area contributed by atoms with Crippen molar-refractivity contribution in [3.63, 3.8) is 0 Å². The smallest absolute Gasteiger partial charge is 0.173 e. The molecule has 0 N–H and O–H groups in total. The first-order valence-electron chi connectivity index (χ1n) is 5.85. The van der Waals surface area contributed by atoms with Crippen LogP contribution in [0.15, 0.2) is 0 Å². The summed E-state index contributed by atoms with van der Waals surface area (Å²) >= 11 is 14.3. The first-order chi connectivity index (χ1) is 7.51. The molecule has 0 unspecified atom stereocenters. The van der Waals surface area contributed by atoms with Crippen LogP contribution in [0.25, 0.3) is 0 Å². The number of unbranched alkanes of at least 4 members (excludes halogenated alkanes) is 2. The van der Waals surface area contributed by atoms with Gasteiger partial charge >= 0.3 is 0 Å². The molecule has 0 bridgehead atoms. The quantitative estimate of drug-likeness (QED) is 0.436. The van der Waals surface area contributed by atoms with E-state index in [2.05, 4.69) is 33.4 Å². The summed E-state index contributed by atoms with van der Waals surface area (Å²) < 4.78 is 6.48. The lowest BCUT2D eigenvalue weighted by atomic mass is 9.90. The molecule has 0 spiro atoms. The van der Waals surface area contributed by atoms with Crippen LogP contribution >= 0.6 is 12.6 Å². The molecule has 0 saturated heterocycles. The highest BCUT2D eigenvalue weighted by molar-refractivity contribution is 8.49. The fourth-order valence-corrected chi connectivity index (χ4v) is 2.36. The summed E-state index contributed by atoms with van der Waals surface area (Å²) in [6.07, 6.45) is 6.72. The molecule has 0 aliphatic heterocycles. The van der Waals surface area contributed by atoms with Gasteiger partial charge in [0, 0.05) is 0 Å². The third kappa shape index (κ3) is 5.96. The molecule has 0 heterocycles. The first kappa shape index (κ1) is 16.8. The van der Waals surface area contributed by atoms with Gasteiger partial charge < -0.3 is 4.74 Å². The fraction of sp³-hybridized carbons (Fsp3) is 0.909. The second kappa shape index (κ2) is 8.86. The van der Waals surface area contributed by atoms with E-state index in [0.29, 0.717) is 4.38 Å². The highest BCUT2D eigenvalue weighted by Gasteiger charge is 2.27. The van der Waals surface area contributed by atoms with Gasteiger partial charge in [0.15, 0.2) is 4.38 Å². The number of rotatable bonds is 7. The molecule has 0 atom stereocenters. The minimum absolute atomic E-state index is 0.102. The zero-order valence-electron chi connectivity index (χ0n) is 10.3. The van der Waals surface area contributed by atoms with Gasteiger partial charge in [-0.25, -0.2) is 0 Å². The summed E-state index contributed by atoms with van der Waals surface area (Å²) in [6.45, 7) is 6.52. The lowest BCUT2D eigenvalue weighted by Gasteiger charge is -2.31. The van der Waals surface area contributed by atoms with E-state index in [4.69, 9.17) is 27.1 Å². The SMILES string of the molecule is CCCCCC(CC)(CC)OC(S)=S(=S)=S. The molecule has 96 valence electrons. The number of hydrogen-bond acceptors (Lipinski definition) is 3. The van der Waals surface area contributed by atoms with E-state index in [-0.39, 0.29) is 5.60 Å². The Morgan fingerprint density at radius 2 is 1.75 bits per heavy atom. The average Bonchev–Trinajstić information content (AvgIpc) is 2.27. The molecule has 0 radical (unpaired) electrons. The molecule has 0 aromatic rings. The highest BCUT2D eigenvalue weighted by atomic mass is 33.1. The Balaban J connectivity index is 4.62. The summed E-state index contributed by atoms with van der Waals surface area (Å²) in [5.74, 6) is 0. The fourth-order valence-electron chi connectivity index (χ4n) is 1.72. The van der Waals surface area contributed by atoms with E-state index >= 15 is 0 Å². The van der Waals surface area contributed by atoms with Gasteiger partial charge in [-0.05, 0) is 49.2 Å². The van der Waals surface area contributed by atoms with Gasteiger partial charge in [-0.2, -0.15) is 0 Å². The van der Waals surface area contributed by atoms with Crippen LogP contribution in [-0.4, -0.2) is 9.98 Å². The van der Waals surface area contributed by atoms with Crippen LogP contribution < -0.4 is 0 Å². The van der Waals surface area contributed by atoms with Crippen molar-refractivity contribution < 1.29 is 4.74 Å². The Hall–Kier alpha value is 0.840. The van der Waals surface area contributed by atoms with Gasteiger partial charge in [0.25, 0.3) is 0 Å². The van der Waals surface area contributed by atoms with Crippen molar-refractivity contribution in [2.24, 2.45) is 0 Å². The predicted molar refractivity (Wildman–Crippen MR) is 84.6 cm³/mol. The van der Waals surface area contributed by atoms with Gasteiger partial charge in [-0.1, -0.05) is 40.0 Å². The van der Waals surface area contributed by atoms with Crippen LogP contribution in [0, 0.1) is 0 Å². The first-order valence-corrected chi connectivity index (χ1v) is 9.37. The Kier molecular flexibility index (Phi) is 9.33. The van der Waals surface area contributed by atoms with Gasteiger partial charge in [0.2, 0.25) is 0 Å². The normalized spacial score (nSPS) is 11.5.